The first-order chi connectivity index (χ1) is 11.6. The van der Waals surface area contributed by atoms with Crippen LogP contribution >= 0.6 is 0 Å². The van der Waals surface area contributed by atoms with E-state index in [9.17, 15) is 5.11 Å². The molecule has 3 rings (SSSR count). The third-order valence-corrected chi connectivity index (χ3v) is 4.42. The van der Waals surface area contributed by atoms with E-state index in [0.717, 1.165) is 41.8 Å². The quantitative estimate of drug-likeness (QED) is 0.701. The summed E-state index contributed by atoms with van der Waals surface area (Å²) in [7, 11) is 0. The van der Waals surface area contributed by atoms with Gasteiger partial charge in [-0.05, 0) is 44.4 Å². The Kier molecular flexibility index (Phi) is 4.70. The highest BCUT2D eigenvalue weighted by Crippen LogP contribution is 2.34. The number of hydrogen-bond donors (Lipinski definition) is 1. The smallest absolute Gasteiger partial charge is 0.218 e. The number of aryl methyl sites for hydroxylation is 2. The first-order valence-corrected chi connectivity index (χ1v) is 8.55. The first-order valence-electron chi connectivity index (χ1n) is 8.55. The summed E-state index contributed by atoms with van der Waals surface area (Å²) in [6.07, 6.45) is 2.95. The number of hydrogen-bond acceptors (Lipinski definition) is 2. The van der Waals surface area contributed by atoms with Gasteiger partial charge in [0.15, 0.2) is 0 Å². The van der Waals surface area contributed by atoms with Gasteiger partial charge < -0.3 is 5.11 Å². The van der Waals surface area contributed by atoms with Crippen molar-refractivity contribution in [1.82, 2.24) is 9.78 Å². The molecule has 0 fully saturated rings. The van der Waals surface area contributed by atoms with Gasteiger partial charge in [-0.2, -0.15) is 5.10 Å². The van der Waals surface area contributed by atoms with Gasteiger partial charge in [0.2, 0.25) is 5.88 Å². The molecule has 0 saturated heterocycles. The van der Waals surface area contributed by atoms with Gasteiger partial charge in [0.1, 0.15) is 5.69 Å². The highest BCUT2D eigenvalue weighted by molar-refractivity contribution is 5.69. The van der Waals surface area contributed by atoms with Crippen molar-refractivity contribution < 1.29 is 5.11 Å². The number of benzene rings is 2. The van der Waals surface area contributed by atoms with Crippen molar-refractivity contribution >= 4 is 0 Å². The maximum absolute atomic E-state index is 10.8. The molecule has 0 radical (unpaired) electrons. The Balaban J connectivity index is 2.15. The van der Waals surface area contributed by atoms with Crippen LogP contribution < -0.4 is 0 Å². The maximum Gasteiger partial charge on any atom is 0.218 e. The minimum absolute atomic E-state index is 0.255. The van der Waals surface area contributed by atoms with Crippen molar-refractivity contribution in [2.45, 2.75) is 40.0 Å². The topological polar surface area (TPSA) is 38.0 Å². The Bertz CT molecular complexity index is 832. The van der Waals surface area contributed by atoms with Crippen LogP contribution in [0.2, 0.25) is 0 Å². The molecule has 0 saturated carbocycles. The van der Waals surface area contributed by atoms with Crippen molar-refractivity contribution in [3.8, 4) is 22.8 Å². The van der Waals surface area contributed by atoms with E-state index in [2.05, 4.69) is 32.9 Å². The molecule has 3 nitrogen and oxygen atoms in total. The first kappa shape index (κ1) is 16.3. The largest absolute Gasteiger partial charge is 0.493 e. The number of rotatable bonds is 5. The fourth-order valence-corrected chi connectivity index (χ4v) is 2.95. The van der Waals surface area contributed by atoms with E-state index in [4.69, 9.17) is 5.10 Å². The van der Waals surface area contributed by atoms with E-state index >= 15 is 0 Å². The molecule has 0 unspecified atom stereocenters. The van der Waals surface area contributed by atoms with Gasteiger partial charge >= 0.3 is 0 Å². The van der Waals surface area contributed by atoms with Crippen molar-refractivity contribution in [3.63, 3.8) is 0 Å². The molecule has 0 aliphatic carbocycles. The lowest BCUT2D eigenvalue weighted by atomic mass is 10.00. The zero-order valence-electron chi connectivity index (χ0n) is 14.6. The third-order valence-electron chi connectivity index (χ3n) is 4.42. The van der Waals surface area contributed by atoms with Crippen LogP contribution in [-0.4, -0.2) is 14.9 Å². The summed E-state index contributed by atoms with van der Waals surface area (Å²) < 4.78 is 1.66. The molecule has 0 amide bonds. The molecule has 3 heteroatoms. The van der Waals surface area contributed by atoms with Crippen LogP contribution in [0, 0.1) is 13.8 Å². The molecule has 0 aliphatic rings. The second kappa shape index (κ2) is 6.91. The van der Waals surface area contributed by atoms with E-state index in [1.54, 1.807) is 4.68 Å². The molecule has 24 heavy (non-hydrogen) atoms. The molecular weight excluding hydrogens is 296 g/mol. The Morgan fingerprint density at radius 1 is 1.00 bits per heavy atom. The number of unbranched alkanes of at least 4 members (excludes halogenated alkanes) is 1. The van der Waals surface area contributed by atoms with Crippen LogP contribution in [0.5, 0.6) is 5.88 Å². The number of nitrogens with zero attached hydrogens (tertiary/aromatic N) is 2. The monoisotopic (exact) mass is 320 g/mol. The predicted molar refractivity (Wildman–Crippen MR) is 98.8 cm³/mol. The molecule has 3 aromatic rings. The summed E-state index contributed by atoms with van der Waals surface area (Å²) in [4.78, 5) is 0. The Hall–Kier alpha value is -2.55. The molecule has 1 heterocycles. The summed E-state index contributed by atoms with van der Waals surface area (Å²) in [6, 6.07) is 16.3. The van der Waals surface area contributed by atoms with Gasteiger partial charge in [-0.15, -0.1) is 0 Å². The van der Waals surface area contributed by atoms with Gasteiger partial charge in [-0.1, -0.05) is 55.3 Å². The summed E-state index contributed by atoms with van der Waals surface area (Å²) in [5.41, 5.74) is 6.16. The van der Waals surface area contributed by atoms with Crippen molar-refractivity contribution in [2.75, 3.05) is 0 Å². The third kappa shape index (κ3) is 3.07. The van der Waals surface area contributed by atoms with Crippen LogP contribution in [0.25, 0.3) is 16.9 Å². The fraction of sp³-hybridized carbons (Fsp3) is 0.286. The average molecular weight is 320 g/mol. The minimum Gasteiger partial charge on any atom is -0.493 e. The van der Waals surface area contributed by atoms with Crippen LogP contribution in [0.3, 0.4) is 0 Å². The maximum atomic E-state index is 10.8. The molecule has 124 valence electrons. The molecule has 2 aromatic carbocycles. The van der Waals surface area contributed by atoms with Gasteiger partial charge in [0.25, 0.3) is 0 Å². The zero-order chi connectivity index (χ0) is 17.1. The average Bonchev–Trinajstić information content (AvgIpc) is 2.91. The normalized spacial score (nSPS) is 11.0. The van der Waals surface area contributed by atoms with Gasteiger partial charge in [0.05, 0.1) is 5.69 Å². The Labute approximate surface area is 143 Å². The van der Waals surface area contributed by atoms with Gasteiger partial charge in [-0.3, -0.25) is 0 Å². The molecule has 0 bridgehead atoms. The lowest BCUT2D eigenvalue weighted by molar-refractivity contribution is 0.427. The molecule has 0 spiro atoms. The summed E-state index contributed by atoms with van der Waals surface area (Å²) >= 11 is 0. The summed E-state index contributed by atoms with van der Waals surface area (Å²) in [6.45, 7) is 6.30. The van der Waals surface area contributed by atoms with Crippen LogP contribution in [0.4, 0.5) is 0 Å². The highest BCUT2D eigenvalue weighted by Gasteiger charge is 2.20. The summed E-state index contributed by atoms with van der Waals surface area (Å²) in [5.74, 6) is 0.255. The number of aromatic hydroxyl groups is 1. The van der Waals surface area contributed by atoms with Crippen LogP contribution in [0.1, 0.15) is 36.5 Å². The van der Waals surface area contributed by atoms with E-state index in [0.29, 0.717) is 0 Å². The molecule has 0 atom stereocenters. The van der Waals surface area contributed by atoms with E-state index in [-0.39, 0.29) is 5.88 Å². The zero-order valence-corrected chi connectivity index (χ0v) is 14.6. The highest BCUT2D eigenvalue weighted by atomic mass is 16.3. The van der Waals surface area contributed by atoms with Crippen molar-refractivity contribution in [3.05, 3.63) is 65.2 Å². The Morgan fingerprint density at radius 2 is 1.71 bits per heavy atom. The van der Waals surface area contributed by atoms with Crippen LogP contribution in [0.15, 0.2) is 48.5 Å². The molecular formula is C21H24N2O. The van der Waals surface area contributed by atoms with E-state index < -0.39 is 0 Å². The summed E-state index contributed by atoms with van der Waals surface area (Å²) in [5, 5.41) is 15.6. The standard InChI is InChI=1S/C21H24N2O/c1-4-5-9-19-20(18-10-7-6-8-16(18)3)22-23(21(19)24)17-13-11-15(2)12-14-17/h6-8,10-14,24H,4-5,9H2,1-3H3. The fourth-order valence-electron chi connectivity index (χ4n) is 2.95. The SMILES string of the molecule is CCCCc1c(-c2ccccc2C)nn(-c2ccc(C)cc2)c1O. The molecule has 0 aliphatic heterocycles. The van der Waals surface area contributed by atoms with Crippen molar-refractivity contribution in [2.24, 2.45) is 0 Å². The second-order valence-corrected chi connectivity index (χ2v) is 6.32. The van der Waals surface area contributed by atoms with Crippen LogP contribution in [-0.2, 0) is 6.42 Å². The predicted octanol–water partition coefficient (Wildman–Crippen LogP) is 5.20. The van der Waals surface area contributed by atoms with E-state index in [1.165, 1.54) is 11.1 Å². The second-order valence-electron chi connectivity index (χ2n) is 6.32. The number of aromatic nitrogens is 2. The van der Waals surface area contributed by atoms with Crippen molar-refractivity contribution in [1.29, 1.82) is 0 Å². The van der Waals surface area contributed by atoms with E-state index in [1.807, 2.05) is 36.4 Å². The van der Waals surface area contributed by atoms with Gasteiger partial charge in [-0.25, -0.2) is 4.68 Å². The Morgan fingerprint density at radius 3 is 2.38 bits per heavy atom. The lowest BCUT2D eigenvalue weighted by Crippen LogP contribution is -1.96. The lowest BCUT2D eigenvalue weighted by Gasteiger charge is -2.05. The van der Waals surface area contributed by atoms with Gasteiger partial charge in [0, 0.05) is 11.1 Å². The molecule has 1 aromatic heterocycles. The molecule has 1 N–H and O–H groups in total. The minimum atomic E-state index is 0.255.